The van der Waals surface area contributed by atoms with E-state index in [1.807, 2.05) is 13.8 Å². The highest BCUT2D eigenvalue weighted by atomic mass is 16.5. The Hall–Kier alpha value is -1.10. The summed E-state index contributed by atoms with van der Waals surface area (Å²) in [5.74, 6) is -0.0414. The Morgan fingerprint density at radius 3 is 2.61 bits per heavy atom. The van der Waals surface area contributed by atoms with Gasteiger partial charge in [-0.1, -0.05) is 6.92 Å². The highest BCUT2D eigenvalue weighted by Crippen LogP contribution is 2.22. The predicted octanol–water partition coefficient (Wildman–Crippen LogP) is 0.679. The van der Waals surface area contributed by atoms with Crippen LogP contribution in [-0.4, -0.2) is 47.6 Å². The molecule has 2 aliphatic heterocycles. The summed E-state index contributed by atoms with van der Waals surface area (Å²) in [6.07, 6.45) is 2.99. The Balaban J connectivity index is 2.06. The topological polar surface area (TPSA) is 58.6 Å². The molecule has 0 radical (unpaired) electrons. The Bertz CT molecular complexity index is 345. The molecule has 2 fully saturated rings. The van der Waals surface area contributed by atoms with E-state index in [-0.39, 0.29) is 30.1 Å². The lowest BCUT2D eigenvalue weighted by Crippen LogP contribution is -2.63. The van der Waals surface area contributed by atoms with Crippen LogP contribution < -0.4 is 5.32 Å². The van der Waals surface area contributed by atoms with Crippen LogP contribution in [-0.2, 0) is 14.3 Å². The summed E-state index contributed by atoms with van der Waals surface area (Å²) >= 11 is 0. The molecule has 0 aromatic carbocycles. The summed E-state index contributed by atoms with van der Waals surface area (Å²) in [6.45, 7) is 6.25. The van der Waals surface area contributed by atoms with Crippen molar-refractivity contribution in [2.45, 2.75) is 64.3 Å². The number of amides is 2. The number of rotatable bonds is 3. The minimum Gasteiger partial charge on any atom is -0.373 e. The molecule has 5 nitrogen and oxygen atoms in total. The monoisotopic (exact) mass is 254 g/mol. The van der Waals surface area contributed by atoms with E-state index in [2.05, 4.69) is 5.32 Å². The Morgan fingerprint density at radius 2 is 2.06 bits per heavy atom. The number of carbonyl (C=O) groups excluding carboxylic acids is 2. The van der Waals surface area contributed by atoms with Gasteiger partial charge in [-0.15, -0.1) is 0 Å². The van der Waals surface area contributed by atoms with Crippen LogP contribution >= 0.6 is 0 Å². The lowest BCUT2D eigenvalue weighted by Gasteiger charge is -2.38. The van der Waals surface area contributed by atoms with Gasteiger partial charge in [0.25, 0.3) is 0 Å². The van der Waals surface area contributed by atoms with Crippen molar-refractivity contribution in [3.05, 3.63) is 0 Å². The SMILES string of the molecule is CCC1C(=O)NC(C)C(=O)N1CC1CCC(C)O1. The number of nitrogens with zero attached hydrogens (tertiary/aromatic N) is 1. The number of hydrogen-bond acceptors (Lipinski definition) is 3. The summed E-state index contributed by atoms with van der Waals surface area (Å²) in [6, 6.07) is -0.757. The van der Waals surface area contributed by atoms with Crippen LogP contribution in [0.3, 0.4) is 0 Å². The molecule has 2 saturated heterocycles. The van der Waals surface area contributed by atoms with E-state index in [4.69, 9.17) is 4.74 Å². The summed E-state index contributed by atoms with van der Waals surface area (Å²) in [5.41, 5.74) is 0. The van der Waals surface area contributed by atoms with Gasteiger partial charge in [0, 0.05) is 6.54 Å². The molecule has 0 aliphatic carbocycles. The van der Waals surface area contributed by atoms with Gasteiger partial charge in [-0.05, 0) is 33.1 Å². The first-order valence-corrected chi connectivity index (χ1v) is 6.79. The van der Waals surface area contributed by atoms with Gasteiger partial charge in [-0.25, -0.2) is 0 Å². The number of carbonyl (C=O) groups is 2. The summed E-state index contributed by atoms with van der Waals surface area (Å²) in [7, 11) is 0. The Kier molecular flexibility index (Phi) is 3.90. The summed E-state index contributed by atoms with van der Waals surface area (Å²) in [4.78, 5) is 25.7. The maximum Gasteiger partial charge on any atom is 0.245 e. The first-order chi connectivity index (χ1) is 8.52. The van der Waals surface area contributed by atoms with E-state index in [9.17, 15) is 9.59 Å². The quantitative estimate of drug-likeness (QED) is 0.805. The molecule has 2 rings (SSSR count). The fraction of sp³-hybridized carbons (Fsp3) is 0.846. The van der Waals surface area contributed by atoms with E-state index in [1.165, 1.54) is 0 Å². The maximum absolute atomic E-state index is 12.2. The van der Waals surface area contributed by atoms with Crippen molar-refractivity contribution in [1.82, 2.24) is 10.2 Å². The normalized spacial score (nSPS) is 36.9. The number of piperazine rings is 1. The second-order valence-corrected chi connectivity index (χ2v) is 5.29. The van der Waals surface area contributed by atoms with Gasteiger partial charge in [0.15, 0.2) is 0 Å². The smallest absolute Gasteiger partial charge is 0.245 e. The van der Waals surface area contributed by atoms with Crippen LogP contribution in [0.5, 0.6) is 0 Å². The highest BCUT2D eigenvalue weighted by Gasteiger charge is 2.39. The molecule has 4 unspecified atom stereocenters. The van der Waals surface area contributed by atoms with Crippen molar-refractivity contribution in [3.63, 3.8) is 0 Å². The third kappa shape index (κ3) is 2.51. The maximum atomic E-state index is 12.2. The molecule has 102 valence electrons. The number of ether oxygens (including phenoxy) is 1. The van der Waals surface area contributed by atoms with Gasteiger partial charge >= 0.3 is 0 Å². The molecular formula is C13H22N2O3. The van der Waals surface area contributed by atoms with Crippen LogP contribution in [0.1, 0.15) is 40.0 Å². The fourth-order valence-corrected chi connectivity index (χ4v) is 2.78. The molecule has 0 aromatic heterocycles. The van der Waals surface area contributed by atoms with Gasteiger partial charge in [-0.2, -0.15) is 0 Å². The molecular weight excluding hydrogens is 232 g/mol. The van der Waals surface area contributed by atoms with E-state index in [0.717, 1.165) is 12.8 Å². The van der Waals surface area contributed by atoms with Crippen molar-refractivity contribution < 1.29 is 14.3 Å². The molecule has 4 atom stereocenters. The molecule has 5 heteroatoms. The highest BCUT2D eigenvalue weighted by molar-refractivity contribution is 5.96. The first-order valence-electron chi connectivity index (χ1n) is 6.79. The van der Waals surface area contributed by atoms with Gasteiger partial charge < -0.3 is 15.0 Å². The summed E-state index contributed by atoms with van der Waals surface area (Å²) < 4.78 is 5.75. The molecule has 2 aliphatic rings. The zero-order valence-corrected chi connectivity index (χ0v) is 11.3. The van der Waals surface area contributed by atoms with Crippen molar-refractivity contribution in [2.24, 2.45) is 0 Å². The van der Waals surface area contributed by atoms with Crippen molar-refractivity contribution in [2.75, 3.05) is 6.54 Å². The Morgan fingerprint density at radius 1 is 1.33 bits per heavy atom. The van der Waals surface area contributed by atoms with E-state index in [1.54, 1.807) is 11.8 Å². The van der Waals surface area contributed by atoms with Crippen molar-refractivity contribution >= 4 is 11.8 Å². The van der Waals surface area contributed by atoms with Gasteiger partial charge in [-0.3, -0.25) is 9.59 Å². The van der Waals surface area contributed by atoms with Crippen molar-refractivity contribution in [3.8, 4) is 0 Å². The van der Waals surface area contributed by atoms with Crippen LogP contribution in [0, 0.1) is 0 Å². The third-order valence-corrected chi connectivity index (χ3v) is 3.80. The van der Waals surface area contributed by atoms with E-state index in [0.29, 0.717) is 13.0 Å². The molecule has 0 bridgehead atoms. The Labute approximate surface area is 108 Å². The second-order valence-electron chi connectivity index (χ2n) is 5.29. The molecule has 2 amide bonds. The molecule has 0 spiro atoms. The lowest BCUT2D eigenvalue weighted by atomic mass is 10.0. The zero-order valence-electron chi connectivity index (χ0n) is 11.3. The number of nitrogens with one attached hydrogen (secondary N) is 1. The first kappa shape index (κ1) is 13.3. The minimum absolute atomic E-state index is 0.00426. The van der Waals surface area contributed by atoms with Crippen LogP contribution in [0.2, 0.25) is 0 Å². The largest absolute Gasteiger partial charge is 0.373 e. The second kappa shape index (κ2) is 5.26. The third-order valence-electron chi connectivity index (χ3n) is 3.80. The molecule has 1 N–H and O–H groups in total. The minimum atomic E-state index is -0.417. The van der Waals surface area contributed by atoms with E-state index < -0.39 is 6.04 Å². The average molecular weight is 254 g/mol. The number of hydrogen-bond donors (Lipinski definition) is 1. The predicted molar refractivity (Wildman–Crippen MR) is 67.0 cm³/mol. The van der Waals surface area contributed by atoms with Crippen LogP contribution in [0.25, 0.3) is 0 Å². The van der Waals surface area contributed by atoms with Gasteiger partial charge in [0.1, 0.15) is 12.1 Å². The molecule has 0 aromatic rings. The van der Waals surface area contributed by atoms with Gasteiger partial charge in [0.05, 0.1) is 12.2 Å². The fourth-order valence-electron chi connectivity index (χ4n) is 2.78. The molecule has 0 saturated carbocycles. The standard InChI is InChI=1S/C13H22N2O3/c1-4-11-12(16)14-9(3)13(17)15(11)7-10-6-5-8(2)18-10/h8-11H,4-7H2,1-3H3,(H,14,16). The molecule has 2 heterocycles. The van der Waals surface area contributed by atoms with Crippen LogP contribution in [0.4, 0.5) is 0 Å². The van der Waals surface area contributed by atoms with Crippen molar-refractivity contribution in [1.29, 1.82) is 0 Å². The summed E-state index contributed by atoms with van der Waals surface area (Å²) in [5, 5.41) is 2.72. The van der Waals surface area contributed by atoms with E-state index >= 15 is 0 Å². The zero-order chi connectivity index (χ0) is 13.3. The lowest BCUT2D eigenvalue weighted by molar-refractivity contribution is -0.150. The van der Waals surface area contributed by atoms with Crippen LogP contribution in [0.15, 0.2) is 0 Å². The van der Waals surface area contributed by atoms with Gasteiger partial charge in [0.2, 0.25) is 11.8 Å². The average Bonchev–Trinajstić information content (AvgIpc) is 2.72. The molecule has 18 heavy (non-hydrogen) atoms.